The first-order valence-electron chi connectivity index (χ1n) is 9.30. The van der Waals surface area contributed by atoms with Gasteiger partial charge in [0, 0.05) is 22.0 Å². The first-order chi connectivity index (χ1) is 14.4. The third-order valence-corrected chi connectivity index (χ3v) is 8.80. The molecule has 2 aromatic rings. The van der Waals surface area contributed by atoms with Gasteiger partial charge in [0.1, 0.15) is 0 Å². The van der Waals surface area contributed by atoms with Crippen LogP contribution in [0, 0.1) is 0 Å². The van der Waals surface area contributed by atoms with Gasteiger partial charge in [-0.3, -0.25) is 4.79 Å². The number of hydrogen-bond acceptors (Lipinski definition) is 6. The lowest BCUT2D eigenvalue weighted by Crippen LogP contribution is -2.37. The Morgan fingerprint density at radius 2 is 1.97 bits per heavy atom. The number of amidine groups is 1. The summed E-state index contributed by atoms with van der Waals surface area (Å²) in [6.45, 7) is 0.144. The highest BCUT2D eigenvalue weighted by Gasteiger charge is 2.49. The zero-order valence-corrected chi connectivity index (χ0v) is 18.0. The number of hydrogen-bond donors (Lipinski definition) is 0. The largest absolute Gasteiger partial charge is 0.454 e. The van der Waals surface area contributed by atoms with Crippen molar-refractivity contribution >= 4 is 50.0 Å². The van der Waals surface area contributed by atoms with E-state index in [0.29, 0.717) is 27.3 Å². The highest BCUT2D eigenvalue weighted by atomic mass is 35.5. The molecule has 0 aliphatic carbocycles. The summed E-state index contributed by atoms with van der Waals surface area (Å²) in [6.07, 6.45) is 0.0757. The molecule has 7 nitrogen and oxygen atoms in total. The molecule has 2 saturated heterocycles. The molecule has 30 heavy (non-hydrogen) atoms. The van der Waals surface area contributed by atoms with Crippen molar-refractivity contribution in [3.8, 4) is 11.5 Å². The van der Waals surface area contributed by atoms with Gasteiger partial charge in [-0.05, 0) is 23.8 Å². The smallest absolute Gasteiger partial charge is 0.252 e. The molecule has 2 atom stereocenters. The number of sulfone groups is 1. The van der Waals surface area contributed by atoms with Crippen molar-refractivity contribution in [2.45, 2.75) is 17.7 Å². The van der Waals surface area contributed by atoms with Crippen LogP contribution >= 0.6 is 23.4 Å². The Balaban J connectivity index is 1.48. The highest BCUT2D eigenvalue weighted by molar-refractivity contribution is 8.16. The molecule has 0 aromatic heterocycles. The number of anilines is 1. The van der Waals surface area contributed by atoms with Crippen LogP contribution in [0.25, 0.3) is 0 Å². The Kier molecular flexibility index (Phi) is 4.91. The molecule has 156 valence electrons. The van der Waals surface area contributed by atoms with Crippen LogP contribution in [0.15, 0.2) is 47.5 Å². The maximum absolute atomic E-state index is 12.7. The normalized spacial score (nSPS) is 25.0. The minimum absolute atomic E-state index is 0.0246. The second-order valence-corrected chi connectivity index (χ2v) is 11.0. The van der Waals surface area contributed by atoms with E-state index in [0.717, 1.165) is 5.69 Å². The lowest BCUT2D eigenvalue weighted by atomic mass is 10.1. The number of rotatable bonds is 3. The molecular formula is C20H17ClN2O5S2. The summed E-state index contributed by atoms with van der Waals surface area (Å²) in [5.41, 5.74) is 1.43. The SMILES string of the molecule is O=C(Cc1ccccc1Cl)N=C1S[C@@H]2CS(=O)(=O)C[C@@H]2N1c1ccc2c(c1)OCO2. The van der Waals surface area contributed by atoms with Gasteiger partial charge in [0.25, 0.3) is 5.91 Å². The minimum Gasteiger partial charge on any atom is -0.454 e. The van der Waals surface area contributed by atoms with Gasteiger partial charge in [0.05, 0.1) is 24.0 Å². The van der Waals surface area contributed by atoms with E-state index >= 15 is 0 Å². The summed E-state index contributed by atoms with van der Waals surface area (Å²) in [6, 6.07) is 12.3. The predicted molar refractivity (Wildman–Crippen MR) is 116 cm³/mol. The number of halogens is 1. The van der Waals surface area contributed by atoms with E-state index < -0.39 is 9.84 Å². The van der Waals surface area contributed by atoms with Crippen LogP contribution in [-0.2, 0) is 21.1 Å². The van der Waals surface area contributed by atoms with E-state index in [2.05, 4.69) is 4.99 Å². The third-order valence-electron chi connectivity index (χ3n) is 5.22. The Labute approximate surface area is 182 Å². The summed E-state index contributed by atoms with van der Waals surface area (Å²) < 4.78 is 35.2. The number of nitrogens with zero attached hydrogens (tertiary/aromatic N) is 2. The number of aliphatic imine (C=N–C) groups is 1. The fourth-order valence-electron chi connectivity index (χ4n) is 3.85. The number of benzene rings is 2. The van der Waals surface area contributed by atoms with Crippen molar-refractivity contribution in [1.29, 1.82) is 0 Å². The molecule has 3 aliphatic rings. The number of ether oxygens (including phenoxy) is 2. The molecule has 0 radical (unpaired) electrons. The van der Waals surface area contributed by atoms with E-state index in [1.807, 2.05) is 17.0 Å². The summed E-state index contributed by atoms with van der Waals surface area (Å²) in [5.74, 6) is 0.981. The second kappa shape index (κ2) is 7.47. The number of carbonyl (C=O) groups excluding carboxylic acids is 1. The van der Waals surface area contributed by atoms with Crippen molar-refractivity contribution in [2.24, 2.45) is 4.99 Å². The van der Waals surface area contributed by atoms with Crippen molar-refractivity contribution in [2.75, 3.05) is 23.2 Å². The van der Waals surface area contributed by atoms with Crippen molar-refractivity contribution in [3.05, 3.63) is 53.1 Å². The average molecular weight is 465 g/mol. The maximum atomic E-state index is 12.7. The van der Waals surface area contributed by atoms with E-state index in [4.69, 9.17) is 21.1 Å². The highest BCUT2D eigenvalue weighted by Crippen LogP contribution is 2.44. The lowest BCUT2D eigenvalue weighted by Gasteiger charge is -2.24. The Hall–Kier alpha value is -2.23. The fourth-order valence-corrected chi connectivity index (χ4v) is 7.99. The van der Waals surface area contributed by atoms with Gasteiger partial charge >= 0.3 is 0 Å². The molecule has 0 unspecified atom stereocenters. The van der Waals surface area contributed by atoms with Gasteiger partial charge in [0.15, 0.2) is 26.5 Å². The van der Waals surface area contributed by atoms with E-state index in [-0.39, 0.29) is 41.9 Å². The van der Waals surface area contributed by atoms with Crippen molar-refractivity contribution in [1.82, 2.24) is 0 Å². The van der Waals surface area contributed by atoms with Crippen LogP contribution < -0.4 is 14.4 Å². The standard InChI is InChI=1S/C20H17ClN2O5S2/c21-14-4-2-1-3-12(14)7-19(24)22-20-23(15-9-30(25,26)10-18(15)29-20)13-5-6-16-17(8-13)28-11-27-16/h1-6,8,15,18H,7,9-11H2/t15-,18+/m0/s1. The number of fused-ring (bicyclic) bond motifs is 2. The van der Waals surface area contributed by atoms with Crippen molar-refractivity contribution in [3.63, 3.8) is 0 Å². The van der Waals surface area contributed by atoms with Crippen LogP contribution in [0.2, 0.25) is 5.02 Å². The average Bonchev–Trinajstić information content (AvgIpc) is 3.34. The summed E-state index contributed by atoms with van der Waals surface area (Å²) >= 11 is 7.50. The van der Waals surface area contributed by atoms with Gasteiger partial charge in [-0.15, -0.1) is 0 Å². The Morgan fingerprint density at radius 1 is 1.17 bits per heavy atom. The van der Waals surface area contributed by atoms with Crippen molar-refractivity contribution < 1.29 is 22.7 Å². The third kappa shape index (κ3) is 3.66. The minimum atomic E-state index is -3.14. The Morgan fingerprint density at radius 3 is 2.80 bits per heavy atom. The molecule has 0 bridgehead atoms. The first-order valence-corrected chi connectivity index (χ1v) is 12.4. The second-order valence-electron chi connectivity index (χ2n) is 7.26. The zero-order chi connectivity index (χ0) is 20.9. The molecule has 1 amide bonds. The molecule has 10 heteroatoms. The lowest BCUT2D eigenvalue weighted by molar-refractivity contribution is -0.117. The van der Waals surface area contributed by atoms with Crippen LogP contribution in [-0.4, -0.2) is 49.1 Å². The quantitative estimate of drug-likeness (QED) is 0.690. The summed E-state index contributed by atoms with van der Waals surface area (Å²) in [4.78, 5) is 18.9. The molecule has 0 N–H and O–H groups in total. The monoisotopic (exact) mass is 464 g/mol. The molecule has 3 aliphatic heterocycles. The van der Waals surface area contributed by atoms with Crippen LogP contribution in [0.5, 0.6) is 11.5 Å². The van der Waals surface area contributed by atoms with Gasteiger partial charge < -0.3 is 14.4 Å². The predicted octanol–water partition coefficient (Wildman–Crippen LogP) is 2.91. The molecule has 3 heterocycles. The maximum Gasteiger partial charge on any atom is 0.252 e. The molecule has 0 spiro atoms. The molecule has 5 rings (SSSR count). The van der Waals surface area contributed by atoms with Gasteiger partial charge in [0.2, 0.25) is 6.79 Å². The zero-order valence-electron chi connectivity index (χ0n) is 15.7. The number of carbonyl (C=O) groups is 1. The molecule has 2 aromatic carbocycles. The van der Waals surface area contributed by atoms with Crippen LogP contribution in [0.1, 0.15) is 5.56 Å². The van der Waals surface area contributed by atoms with Crippen LogP contribution in [0.3, 0.4) is 0 Å². The van der Waals surface area contributed by atoms with E-state index in [9.17, 15) is 13.2 Å². The van der Waals surface area contributed by atoms with Gasteiger partial charge in [-0.25, -0.2) is 8.42 Å². The summed E-state index contributed by atoms with van der Waals surface area (Å²) in [7, 11) is -3.14. The van der Waals surface area contributed by atoms with Crippen LogP contribution in [0.4, 0.5) is 5.69 Å². The topological polar surface area (TPSA) is 85.3 Å². The Bertz CT molecular complexity index is 1170. The summed E-state index contributed by atoms with van der Waals surface area (Å²) in [5, 5.41) is 0.837. The van der Waals surface area contributed by atoms with E-state index in [1.165, 1.54) is 11.8 Å². The van der Waals surface area contributed by atoms with E-state index in [1.54, 1.807) is 30.3 Å². The number of amides is 1. The van der Waals surface area contributed by atoms with Gasteiger partial charge in [-0.1, -0.05) is 41.6 Å². The number of thioether (sulfide) groups is 1. The fraction of sp³-hybridized carbons (Fsp3) is 0.300. The molecule has 2 fully saturated rings. The molecular weight excluding hydrogens is 448 g/mol. The van der Waals surface area contributed by atoms with Gasteiger partial charge in [-0.2, -0.15) is 4.99 Å². The first kappa shape index (κ1) is 19.7. The molecule has 0 saturated carbocycles.